The summed E-state index contributed by atoms with van der Waals surface area (Å²) in [5, 5.41) is 12.2. The maximum Gasteiger partial charge on any atom is 0.267 e. The minimum atomic E-state index is -2.83. The summed E-state index contributed by atoms with van der Waals surface area (Å²) in [7, 11) is 0. The lowest BCUT2D eigenvalue weighted by molar-refractivity contribution is -0.130. The summed E-state index contributed by atoms with van der Waals surface area (Å²) in [6.45, 7) is 10.1. The average molecular weight is 397 g/mol. The largest absolute Gasteiger partial charge is 0.343 e. The Hall–Kier alpha value is -2.60. The van der Waals surface area contributed by atoms with Crippen LogP contribution in [0, 0.1) is 11.8 Å². The third kappa shape index (κ3) is 8.86. The van der Waals surface area contributed by atoms with Crippen molar-refractivity contribution in [3.05, 3.63) is 29.6 Å². The highest BCUT2D eigenvalue weighted by atomic mass is 19.3. The Bertz CT molecular complexity index is 638. The van der Waals surface area contributed by atoms with Crippen molar-refractivity contribution in [3.8, 4) is 6.57 Å². The Morgan fingerprint density at radius 3 is 2.61 bits per heavy atom. The number of carbonyl (C=O) groups excluding carboxylic acids is 2. The zero-order valence-corrected chi connectivity index (χ0v) is 16.7. The molecule has 156 valence electrons. The zero-order chi connectivity index (χ0) is 21.6. The van der Waals surface area contributed by atoms with Crippen molar-refractivity contribution in [2.24, 2.45) is 0 Å². The summed E-state index contributed by atoms with van der Waals surface area (Å²) in [5.41, 5.74) is 1.11. The summed E-state index contributed by atoms with van der Waals surface area (Å²) in [5.74, 6) is -3.75. The molecule has 1 aromatic heterocycles. The highest BCUT2D eigenvalue weighted by Crippen LogP contribution is 2.26. The van der Waals surface area contributed by atoms with Crippen LogP contribution < -0.4 is 10.6 Å². The highest BCUT2D eigenvalue weighted by Gasteiger charge is 2.40. The average Bonchev–Trinajstić information content (AvgIpc) is 3.09. The number of nitriles is 1. The highest BCUT2D eigenvalue weighted by molar-refractivity contribution is 5.96. The lowest BCUT2D eigenvalue weighted by Gasteiger charge is -2.16. The van der Waals surface area contributed by atoms with Crippen LogP contribution >= 0.6 is 0 Å². The molecule has 1 aliphatic rings. The van der Waals surface area contributed by atoms with Gasteiger partial charge in [-0.15, -0.1) is 0 Å². The van der Waals surface area contributed by atoms with Gasteiger partial charge in [-0.2, -0.15) is 0 Å². The van der Waals surface area contributed by atoms with Crippen molar-refractivity contribution in [1.29, 1.82) is 5.26 Å². The van der Waals surface area contributed by atoms with Crippen LogP contribution in [0.3, 0.4) is 0 Å². The van der Waals surface area contributed by atoms with E-state index < -0.39 is 24.3 Å². The smallest absolute Gasteiger partial charge is 0.267 e. The molecule has 2 N–H and O–H groups in total. The summed E-state index contributed by atoms with van der Waals surface area (Å²) < 4.78 is 26.2. The monoisotopic (exact) mass is 397 g/mol. The number of hydrogen-bond acceptors (Lipinski definition) is 5. The number of halogens is 2. The Balaban J connectivity index is 0.00000171. The van der Waals surface area contributed by atoms with Gasteiger partial charge < -0.3 is 15.5 Å². The molecule has 1 saturated heterocycles. The lowest BCUT2D eigenvalue weighted by atomic mass is 10.2. The Kier molecular flexibility index (Phi) is 12.3. The van der Waals surface area contributed by atoms with E-state index >= 15 is 0 Å². The van der Waals surface area contributed by atoms with E-state index in [-0.39, 0.29) is 19.5 Å². The first-order chi connectivity index (χ1) is 13.4. The molecule has 2 heterocycles. The number of rotatable bonds is 7. The SMILES string of the molecule is C#N.CC.CCCNCc1cc(C(=O)NCC(=O)N2CCC(F)(F)C2)ccn1. The van der Waals surface area contributed by atoms with Gasteiger partial charge in [0.2, 0.25) is 5.91 Å². The minimum Gasteiger partial charge on any atom is -0.343 e. The fraction of sp³-hybridized carbons (Fsp3) is 0.579. The molecular formula is C19H29F2N5O2. The first-order valence-corrected chi connectivity index (χ1v) is 9.26. The van der Waals surface area contributed by atoms with Crippen molar-refractivity contribution in [1.82, 2.24) is 20.5 Å². The lowest BCUT2D eigenvalue weighted by Crippen LogP contribution is -2.40. The molecular weight excluding hydrogens is 368 g/mol. The molecule has 1 aromatic rings. The molecule has 0 saturated carbocycles. The molecule has 2 rings (SSSR count). The van der Waals surface area contributed by atoms with Crippen LogP contribution in [0.5, 0.6) is 0 Å². The van der Waals surface area contributed by atoms with Gasteiger partial charge in [-0.25, -0.2) is 14.0 Å². The van der Waals surface area contributed by atoms with Crippen molar-refractivity contribution in [2.45, 2.75) is 46.1 Å². The third-order valence-electron chi connectivity index (χ3n) is 3.73. The second kappa shape index (κ2) is 13.6. The number of likely N-dealkylation sites (tertiary alicyclic amines) is 1. The van der Waals surface area contributed by atoms with E-state index in [2.05, 4.69) is 29.1 Å². The van der Waals surface area contributed by atoms with Gasteiger partial charge in [-0.05, 0) is 25.1 Å². The van der Waals surface area contributed by atoms with E-state index in [1.165, 1.54) is 6.20 Å². The predicted octanol–water partition coefficient (Wildman–Crippen LogP) is 2.34. The minimum absolute atomic E-state index is 0.0181. The molecule has 0 aliphatic carbocycles. The normalized spacial score (nSPS) is 14.2. The van der Waals surface area contributed by atoms with Crippen LogP contribution in [0.2, 0.25) is 0 Å². The second-order valence-corrected chi connectivity index (χ2v) is 5.82. The molecule has 0 atom stereocenters. The molecule has 0 bridgehead atoms. The number of carbonyl (C=O) groups is 2. The van der Waals surface area contributed by atoms with E-state index in [0.717, 1.165) is 23.6 Å². The Morgan fingerprint density at radius 1 is 1.36 bits per heavy atom. The van der Waals surface area contributed by atoms with Gasteiger partial charge >= 0.3 is 0 Å². The van der Waals surface area contributed by atoms with Gasteiger partial charge in [0.25, 0.3) is 11.8 Å². The maximum atomic E-state index is 13.1. The van der Waals surface area contributed by atoms with Crippen LogP contribution in [-0.2, 0) is 11.3 Å². The van der Waals surface area contributed by atoms with E-state index in [0.29, 0.717) is 12.1 Å². The van der Waals surface area contributed by atoms with Crippen LogP contribution in [0.25, 0.3) is 0 Å². The molecule has 1 aliphatic heterocycles. The van der Waals surface area contributed by atoms with Crippen LogP contribution in [0.4, 0.5) is 8.78 Å². The van der Waals surface area contributed by atoms with Crippen molar-refractivity contribution in [3.63, 3.8) is 0 Å². The van der Waals surface area contributed by atoms with E-state index in [9.17, 15) is 18.4 Å². The van der Waals surface area contributed by atoms with E-state index in [1.54, 1.807) is 12.1 Å². The number of alkyl halides is 2. The number of pyridine rings is 1. The van der Waals surface area contributed by atoms with Crippen molar-refractivity contribution < 1.29 is 18.4 Å². The van der Waals surface area contributed by atoms with E-state index in [4.69, 9.17) is 5.26 Å². The number of hydrogen-bond donors (Lipinski definition) is 2. The third-order valence-corrected chi connectivity index (χ3v) is 3.73. The van der Waals surface area contributed by atoms with Gasteiger partial charge in [0.1, 0.15) is 0 Å². The molecule has 28 heavy (non-hydrogen) atoms. The quantitative estimate of drug-likeness (QED) is 0.688. The molecule has 0 spiro atoms. The number of nitrogens with zero attached hydrogens (tertiary/aromatic N) is 3. The Labute approximate surface area is 165 Å². The maximum absolute atomic E-state index is 13.1. The number of amides is 2. The summed E-state index contributed by atoms with van der Waals surface area (Å²) in [6.07, 6.45) is 2.20. The number of nitrogens with one attached hydrogen (secondary N) is 2. The molecule has 9 heteroatoms. The molecule has 7 nitrogen and oxygen atoms in total. The fourth-order valence-electron chi connectivity index (χ4n) is 2.43. The summed E-state index contributed by atoms with van der Waals surface area (Å²) in [4.78, 5) is 29.2. The van der Waals surface area contributed by atoms with Crippen LogP contribution in [0.1, 0.15) is 49.7 Å². The zero-order valence-electron chi connectivity index (χ0n) is 16.7. The fourth-order valence-corrected chi connectivity index (χ4v) is 2.43. The van der Waals surface area contributed by atoms with Crippen LogP contribution in [0.15, 0.2) is 18.3 Å². The topological polar surface area (TPSA) is 98.1 Å². The number of aromatic nitrogens is 1. The predicted molar refractivity (Wildman–Crippen MR) is 103 cm³/mol. The summed E-state index contributed by atoms with van der Waals surface area (Å²) in [6, 6.07) is 3.19. The second-order valence-electron chi connectivity index (χ2n) is 5.82. The molecule has 0 radical (unpaired) electrons. The summed E-state index contributed by atoms with van der Waals surface area (Å²) >= 11 is 0. The van der Waals surface area contributed by atoms with Gasteiger partial charge in [0, 0.05) is 37.8 Å². The first-order valence-electron chi connectivity index (χ1n) is 9.26. The molecule has 0 unspecified atom stereocenters. The van der Waals surface area contributed by atoms with Crippen molar-refractivity contribution in [2.75, 3.05) is 26.2 Å². The molecule has 0 aromatic carbocycles. The van der Waals surface area contributed by atoms with Gasteiger partial charge in [-0.3, -0.25) is 14.6 Å². The standard InChI is InChI=1S/C16H22F2N4O2.C2H6.CHN/c1-2-5-19-9-13-8-12(3-6-20-13)15(24)21-10-14(23)22-7-4-16(17,18)11-22;2*1-2/h3,6,8,19H,2,4-5,7,9-11H2,1H3,(H,21,24);1-2H3;1H. The van der Waals surface area contributed by atoms with Gasteiger partial charge in [0.05, 0.1) is 18.8 Å². The molecule has 1 fully saturated rings. The van der Waals surface area contributed by atoms with Crippen molar-refractivity contribution >= 4 is 11.8 Å². The van der Waals surface area contributed by atoms with Crippen LogP contribution in [-0.4, -0.2) is 53.8 Å². The van der Waals surface area contributed by atoms with Gasteiger partial charge in [0.15, 0.2) is 0 Å². The van der Waals surface area contributed by atoms with E-state index in [1.807, 2.05) is 13.8 Å². The Morgan fingerprint density at radius 2 is 2.04 bits per heavy atom. The molecule has 2 amide bonds. The first kappa shape index (κ1) is 25.4. The van der Waals surface area contributed by atoms with Gasteiger partial charge in [-0.1, -0.05) is 20.8 Å².